The Balaban J connectivity index is 1.64. The standard InChI is InChI=1S/C32H36O/c1-4-25(16-15-24(3)26-9-5-6-10-26)21-31(28-17-13-23(2)14-18-28)32(33)30-20-19-27-11-7-8-12-29(27)22-30/h7-8,11-20,22,26,31H,4-6,9-10,21H2,1-3H3/b24-15+,25-16+. The van der Waals surface area contributed by atoms with E-state index in [4.69, 9.17) is 0 Å². The number of Topliss-reactive ketones (excluding diaryl/α,β-unsaturated/α-hetero) is 1. The Morgan fingerprint density at radius 1 is 0.939 bits per heavy atom. The summed E-state index contributed by atoms with van der Waals surface area (Å²) in [5, 5.41) is 2.29. The van der Waals surface area contributed by atoms with Gasteiger partial charge < -0.3 is 0 Å². The van der Waals surface area contributed by atoms with E-state index in [2.05, 4.69) is 81.5 Å². The lowest BCUT2D eigenvalue weighted by atomic mass is 9.84. The number of hydrogen-bond acceptors (Lipinski definition) is 1. The van der Waals surface area contributed by atoms with Crippen LogP contribution in [0.4, 0.5) is 0 Å². The molecule has 0 amide bonds. The Labute approximate surface area is 199 Å². The summed E-state index contributed by atoms with van der Waals surface area (Å²) in [7, 11) is 0. The number of hydrogen-bond donors (Lipinski definition) is 0. The first-order valence-electron chi connectivity index (χ1n) is 12.5. The van der Waals surface area contributed by atoms with Crippen LogP contribution in [-0.2, 0) is 0 Å². The molecule has 1 atom stereocenters. The van der Waals surface area contributed by atoms with Crippen molar-refractivity contribution in [3.63, 3.8) is 0 Å². The van der Waals surface area contributed by atoms with Gasteiger partial charge >= 0.3 is 0 Å². The van der Waals surface area contributed by atoms with Crippen LogP contribution >= 0.6 is 0 Å². The Hall–Kier alpha value is -2.93. The van der Waals surface area contributed by atoms with E-state index in [1.807, 2.05) is 18.2 Å². The molecule has 1 unspecified atom stereocenters. The van der Waals surface area contributed by atoms with Gasteiger partial charge in [0.2, 0.25) is 0 Å². The summed E-state index contributed by atoms with van der Waals surface area (Å²) in [5.41, 5.74) is 5.96. The van der Waals surface area contributed by atoms with E-state index in [0.29, 0.717) is 0 Å². The zero-order chi connectivity index (χ0) is 23.2. The molecule has 1 saturated carbocycles. The Morgan fingerprint density at radius 2 is 1.64 bits per heavy atom. The normalized spacial score (nSPS) is 16.3. The maximum absolute atomic E-state index is 13.8. The van der Waals surface area contributed by atoms with Gasteiger partial charge in [-0.05, 0) is 67.9 Å². The van der Waals surface area contributed by atoms with Crippen molar-refractivity contribution in [3.8, 4) is 0 Å². The Morgan fingerprint density at radius 3 is 2.33 bits per heavy atom. The zero-order valence-electron chi connectivity index (χ0n) is 20.3. The molecule has 0 heterocycles. The van der Waals surface area contributed by atoms with Crippen molar-refractivity contribution in [1.82, 2.24) is 0 Å². The van der Waals surface area contributed by atoms with Crippen LogP contribution < -0.4 is 0 Å². The van der Waals surface area contributed by atoms with E-state index >= 15 is 0 Å². The third-order valence-corrected chi connectivity index (χ3v) is 7.33. The van der Waals surface area contributed by atoms with Gasteiger partial charge in [0.15, 0.2) is 5.78 Å². The van der Waals surface area contributed by atoms with E-state index in [-0.39, 0.29) is 11.7 Å². The molecule has 3 aromatic rings. The van der Waals surface area contributed by atoms with E-state index in [1.165, 1.54) is 47.8 Å². The van der Waals surface area contributed by atoms with Crippen molar-refractivity contribution in [2.24, 2.45) is 5.92 Å². The van der Waals surface area contributed by atoms with Crippen LogP contribution in [0.5, 0.6) is 0 Å². The summed E-state index contributed by atoms with van der Waals surface area (Å²) in [4.78, 5) is 13.8. The fourth-order valence-corrected chi connectivity index (χ4v) is 5.06. The Bertz CT molecular complexity index is 1160. The van der Waals surface area contributed by atoms with Crippen molar-refractivity contribution in [2.45, 2.75) is 65.2 Å². The highest BCUT2D eigenvalue weighted by atomic mass is 16.1. The minimum absolute atomic E-state index is 0.168. The average Bonchev–Trinajstić information content (AvgIpc) is 3.39. The average molecular weight is 437 g/mol. The quantitative estimate of drug-likeness (QED) is 0.254. The highest BCUT2D eigenvalue weighted by Crippen LogP contribution is 2.33. The fraction of sp³-hybridized carbons (Fsp3) is 0.344. The lowest BCUT2D eigenvalue weighted by molar-refractivity contribution is 0.0958. The van der Waals surface area contributed by atoms with Crippen LogP contribution in [0.15, 0.2) is 90.0 Å². The van der Waals surface area contributed by atoms with Gasteiger partial charge in [-0.15, -0.1) is 0 Å². The van der Waals surface area contributed by atoms with E-state index in [9.17, 15) is 4.79 Å². The second kappa shape index (κ2) is 10.8. The van der Waals surface area contributed by atoms with Crippen LogP contribution in [0.1, 0.15) is 79.8 Å². The van der Waals surface area contributed by atoms with Gasteiger partial charge in [0, 0.05) is 5.56 Å². The van der Waals surface area contributed by atoms with Crippen molar-refractivity contribution in [1.29, 1.82) is 0 Å². The second-order valence-electron chi connectivity index (χ2n) is 9.66. The van der Waals surface area contributed by atoms with Crippen LogP contribution in [0.2, 0.25) is 0 Å². The van der Waals surface area contributed by atoms with Gasteiger partial charge in [0.1, 0.15) is 0 Å². The molecule has 33 heavy (non-hydrogen) atoms. The molecule has 3 aromatic carbocycles. The molecular weight excluding hydrogens is 400 g/mol. The topological polar surface area (TPSA) is 17.1 Å². The molecule has 1 heteroatoms. The number of carbonyl (C=O) groups excluding carboxylic acids is 1. The second-order valence-corrected chi connectivity index (χ2v) is 9.66. The molecule has 1 aliphatic carbocycles. The summed E-state index contributed by atoms with van der Waals surface area (Å²) in [6, 6.07) is 22.9. The number of benzene rings is 3. The van der Waals surface area contributed by atoms with Crippen LogP contribution in [0.25, 0.3) is 10.8 Å². The molecule has 4 rings (SSSR count). The van der Waals surface area contributed by atoms with Crippen LogP contribution in [-0.4, -0.2) is 5.78 Å². The lowest BCUT2D eigenvalue weighted by Gasteiger charge is -2.19. The molecule has 0 aliphatic heterocycles. The first-order chi connectivity index (χ1) is 16.0. The summed E-state index contributed by atoms with van der Waals surface area (Å²) in [6.45, 7) is 6.58. The minimum atomic E-state index is -0.168. The van der Waals surface area contributed by atoms with E-state index < -0.39 is 0 Å². The molecule has 1 fully saturated rings. The molecule has 170 valence electrons. The predicted octanol–water partition coefficient (Wildman–Crippen LogP) is 8.98. The van der Waals surface area contributed by atoms with E-state index in [0.717, 1.165) is 35.3 Å². The highest BCUT2D eigenvalue weighted by molar-refractivity contribution is 6.04. The molecular formula is C32H36O. The molecule has 0 saturated heterocycles. The summed E-state index contributed by atoms with van der Waals surface area (Å²) < 4.78 is 0. The summed E-state index contributed by atoms with van der Waals surface area (Å²) >= 11 is 0. The predicted molar refractivity (Wildman–Crippen MR) is 141 cm³/mol. The van der Waals surface area contributed by atoms with Gasteiger partial charge in [-0.25, -0.2) is 0 Å². The molecule has 1 nitrogen and oxygen atoms in total. The maximum atomic E-state index is 13.8. The van der Waals surface area contributed by atoms with Crippen molar-refractivity contribution in [2.75, 3.05) is 0 Å². The molecule has 0 spiro atoms. The number of ketones is 1. The maximum Gasteiger partial charge on any atom is 0.170 e. The number of aryl methyl sites for hydroxylation is 1. The fourth-order valence-electron chi connectivity index (χ4n) is 5.06. The minimum Gasteiger partial charge on any atom is -0.293 e. The summed E-state index contributed by atoms with van der Waals surface area (Å²) in [5.74, 6) is 0.782. The highest BCUT2D eigenvalue weighted by Gasteiger charge is 2.23. The smallest absolute Gasteiger partial charge is 0.170 e. The van der Waals surface area contributed by atoms with Crippen LogP contribution in [0, 0.1) is 12.8 Å². The zero-order valence-corrected chi connectivity index (χ0v) is 20.3. The molecule has 0 aromatic heterocycles. The number of rotatable bonds is 8. The monoisotopic (exact) mass is 436 g/mol. The number of carbonyl (C=O) groups is 1. The number of fused-ring (bicyclic) bond motifs is 1. The van der Waals surface area contributed by atoms with Gasteiger partial charge in [-0.1, -0.05) is 109 Å². The van der Waals surface area contributed by atoms with Crippen molar-refractivity contribution < 1.29 is 4.79 Å². The van der Waals surface area contributed by atoms with Gasteiger partial charge in [0.05, 0.1) is 5.92 Å². The molecule has 0 N–H and O–H groups in total. The third-order valence-electron chi connectivity index (χ3n) is 7.33. The van der Waals surface area contributed by atoms with Gasteiger partial charge in [0.25, 0.3) is 0 Å². The van der Waals surface area contributed by atoms with Crippen molar-refractivity contribution >= 4 is 16.6 Å². The first kappa shape index (κ1) is 23.2. The lowest BCUT2D eigenvalue weighted by Crippen LogP contribution is -2.14. The Kier molecular flexibility index (Phi) is 7.60. The van der Waals surface area contributed by atoms with Gasteiger partial charge in [-0.2, -0.15) is 0 Å². The van der Waals surface area contributed by atoms with E-state index in [1.54, 1.807) is 0 Å². The number of allylic oxidation sites excluding steroid dienone is 4. The summed E-state index contributed by atoms with van der Waals surface area (Å²) in [6.07, 6.45) is 11.7. The SMILES string of the molecule is CC/C(=C\C=C(/C)C1CCCC1)CC(C(=O)c1ccc2ccccc2c1)c1ccc(C)cc1. The molecule has 1 aliphatic rings. The van der Waals surface area contributed by atoms with Crippen molar-refractivity contribution in [3.05, 3.63) is 107 Å². The largest absolute Gasteiger partial charge is 0.293 e. The third kappa shape index (κ3) is 5.71. The first-order valence-corrected chi connectivity index (χ1v) is 12.5. The molecule has 0 radical (unpaired) electrons. The molecule has 0 bridgehead atoms. The van der Waals surface area contributed by atoms with Gasteiger partial charge in [-0.3, -0.25) is 4.79 Å². The van der Waals surface area contributed by atoms with Crippen LogP contribution in [0.3, 0.4) is 0 Å².